The Hall–Kier alpha value is -2.03. The molecule has 1 N–H and O–H groups in total. The second kappa shape index (κ2) is 8.98. The Morgan fingerprint density at radius 3 is 2.57 bits per heavy atom. The lowest BCUT2D eigenvalue weighted by atomic mass is 10.2. The number of rotatable bonds is 6. The molecule has 1 aromatic carbocycles. The van der Waals surface area contributed by atoms with Crippen LogP contribution in [0.4, 0.5) is 18.9 Å². The number of nitrogens with zero attached hydrogens (tertiary/aromatic N) is 2. The highest BCUT2D eigenvalue weighted by molar-refractivity contribution is 6.32. The van der Waals surface area contributed by atoms with Crippen LogP contribution in [0.25, 0.3) is 5.69 Å². The summed E-state index contributed by atoms with van der Waals surface area (Å²) in [5.74, 6) is 0. The molecule has 9 heteroatoms. The first kappa shape index (κ1) is 20.7. The van der Waals surface area contributed by atoms with E-state index < -0.39 is 17.3 Å². The number of nitrogens with one attached hydrogen (secondary N) is 1. The lowest BCUT2D eigenvalue weighted by Gasteiger charge is -2.26. The van der Waals surface area contributed by atoms with Crippen molar-refractivity contribution in [1.82, 2.24) is 9.47 Å². The number of pyridine rings is 1. The molecular formula is C19H21ClF3N3O2. The van der Waals surface area contributed by atoms with Crippen LogP contribution >= 0.6 is 11.6 Å². The van der Waals surface area contributed by atoms with Crippen molar-refractivity contribution in [2.24, 2.45) is 0 Å². The molecular weight excluding hydrogens is 395 g/mol. The molecule has 0 atom stereocenters. The van der Waals surface area contributed by atoms with E-state index in [1.54, 1.807) is 12.1 Å². The summed E-state index contributed by atoms with van der Waals surface area (Å²) in [6.45, 7) is 5.09. The van der Waals surface area contributed by atoms with Crippen LogP contribution in [0.15, 0.2) is 41.3 Å². The molecule has 1 fully saturated rings. The molecule has 3 rings (SSSR count). The van der Waals surface area contributed by atoms with Gasteiger partial charge < -0.3 is 10.1 Å². The van der Waals surface area contributed by atoms with Crippen molar-refractivity contribution in [3.63, 3.8) is 0 Å². The zero-order valence-corrected chi connectivity index (χ0v) is 15.9. The largest absolute Gasteiger partial charge is 0.417 e. The summed E-state index contributed by atoms with van der Waals surface area (Å²) in [5.41, 5.74) is -0.540. The molecule has 0 spiro atoms. The third kappa shape index (κ3) is 5.27. The Morgan fingerprint density at radius 2 is 1.89 bits per heavy atom. The summed E-state index contributed by atoms with van der Waals surface area (Å²) < 4.78 is 45.0. The van der Waals surface area contributed by atoms with Gasteiger partial charge in [0.25, 0.3) is 5.56 Å². The van der Waals surface area contributed by atoms with Crippen molar-refractivity contribution in [3.8, 4) is 5.69 Å². The second-order valence-corrected chi connectivity index (χ2v) is 6.93. The highest BCUT2D eigenvalue weighted by Crippen LogP contribution is 2.30. The van der Waals surface area contributed by atoms with E-state index in [1.807, 2.05) is 0 Å². The molecule has 0 aliphatic carbocycles. The quantitative estimate of drug-likeness (QED) is 0.732. The fourth-order valence-corrected chi connectivity index (χ4v) is 3.29. The van der Waals surface area contributed by atoms with Gasteiger partial charge in [-0.1, -0.05) is 11.6 Å². The maximum absolute atomic E-state index is 12.9. The van der Waals surface area contributed by atoms with Crippen LogP contribution in [-0.2, 0) is 10.9 Å². The zero-order chi connectivity index (χ0) is 20.1. The number of ether oxygens (including phenoxy) is 1. The first-order valence-corrected chi connectivity index (χ1v) is 9.36. The molecule has 1 aromatic heterocycles. The predicted octanol–water partition coefficient (Wildman–Crippen LogP) is 3.64. The molecule has 2 heterocycles. The van der Waals surface area contributed by atoms with Gasteiger partial charge >= 0.3 is 6.18 Å². The number of anilines is 1. The summed E-state index contributed by atoms with van der Waals surface area (Å²) in [5, 5.41) is 3.44. The number of benzene rings is 1. The van der Waals surface area contributed by atoms with Gasteiger partial charge in [-0.2, -0.15) is 13.2 Å². The Kier molecular flexibility index (Phi) is 6.64. The van der Waals surface area contributed by atoms with Crippen molar-refractivity contribution in [2.75, 3.05) is 44.7 Å². The maximum Gasteiger partial charge on any atom is 0.417 e. The summed E-state index contributed by atoms with van der Waals surface area (Å²) in [6, 6.07) is 6.49. The third-order valence-electron chi connectivity index (χ3n) is 4.53. The van der Waals surface area contributed by atoms with Gasteiger partial charge in [-0.25, -0.2) is 0 Å². The first-order chi connectivity index (χ1) is 13.3. The van der Waals surface area contributed by atoms with Crippen molar-refractivity contribution in [1.29, 1.82) is 0 Å². The van der Waals surface area contributed by atoms with Gasteiger partial charge in [0.15, 0.2) is 0 Å². The Morgan fingerprint density at radius 1 is 1.14 bits per heavy atom. The van der Waals surface area contributed by atoms with Gasteiger partial charge in [-0.15, -0.1) is 0 Å². The maximum atomic E-state index is 12.9. The van der Waals surface area contributed by atoms with Crippen LogP contribution in [-0.4, -0.2) is 48.9 Å². The summed E-state index contributed by atoms with van der Waals surface area (Å²) >= 11 is 6.23. The summed E-state index contributed by atoms with van der Waals surface area (Å²) in [6.07, 6.45) is -2.84. The van der Waals surface area contributed by atoms with Crippen molar-refractivity contribution >= 4 is 17.3 Å². The number of alkyl halides is 3. The molecule has 28 heavy (non-hydrogen) atoms. The van der Waals surface area contributed by atoms with E-state index in [-0.39, 0.29) is 10.7 Å². The first-order valence-electron chi connectivity index (χ1n) is 8.98. The number of morpholine rings is 1. The number of hydrogen-bond acceptors (Lipinski definition) is 4. The molecule has 1 aliphatic heterocycles. The van der Waals surface area contributed by atoms with Crippen LogP contribution < -0.4 is 10.9 Å². The fourth-order valence-electron chi connectivity index (χ4n) is 3.02. The van der Waals surface area contributed by atoms with Gasteiger partial charge in [0.05, 0.1) is 29.5 Å². The molecule has 2 aromatic rings. The topological polar surface area (TPSA) is 46.5 Å². The highest BCUT2D eigenvalue weighted by Gasteiger charge is 2.31. The minimum atomic E-state index is -4.54. The number of hydrogen-bond donors (Lipinski definition) is 1. The Balaban J connectivity index is 1.65. The van der Waals surface area contributed by atoms with E-state index in [2.05, 4.69) is 10.2 Å². The molecule has 0 saturated carbocycles. The van der Waals surface area contributed by atoms with Crippen LogP contribution in [0.3, 0.4) is 0 Å². The molecule has 0 unspecified atom stereocenters. The molecule has 1 saturated heterocycles. The molecule has 152 valence electrons. The zero-order valence-electron chi connectivity index (χ0n) is 15.1. The minimum absolute atomic E-state index is 0.194. The van der Waals surface area contributed by atoms with Crippen LogP contribution in [0, 0.1) is 0 Å². The molecule has 0 amide bonds. The Bertz CT molecular complexity index is 864. The van der Waals surface area contributed by atoms with Crippen LogP contribution in [0.5, 0.6) is 0 Å². The Labute approximate surface area is 165 Å². The van der Waals surface area contributed by atoms with E-state index in [0.717, 1.165) is 74.4 Å². The van der Waals surface area contributed by atoms with Gasteiger partial charge in [-0.3, -0.25) is 14.3 Å². The van der Waals surface area contributed by atoms with E-state index in [9.17, 15) is 18.0 Å². The van der Waals surface area contributed by atoms with E-state index in [4.69, 9.17) is 16.3 Å². The van der Waals surface area contributed by atoms with Gasteiger partial charge in [0.1, 0.15) is 0 Å². The average molecular weight is 416 g/mol. The average Bonchev–Trinajstić information content (AvgIpc) is 2.66. The van der Waals surface area contributed by atoms with Crippen molar-refractivity contribution < 1.29 is 17.9 Å². The monoisotopic (exact) mass is 415 g/mol. The standard InChI is InChI=1S/C19H21ClF3N3O2/c20-16-12-15(24-6-1-7-25-8-10-28-11-9-25)3-4-17(16)26-13-14(19(21,22)23)2-5-18(26)27/h2-5,12-13,24H,1,6-11H2. The number of aromatic nitrogens is 1. The second-order valence-electron chi connectivity index (χ2n) is 6.52. The van der Waals surface area contributed by atoms with Gasteiger partial charge in [0.2, 0.25) is 0 Å². The smallest absolute Gasteiger partial charge is 0.385 e. The van der Waals surface area contributed by atoms with E-state index in [0.29, 0.717) is 0 Å². The third-order valence-corrected chi connectivity index (χ3v) is 4.83. The van der Waals surface area contributed by atoms with Crippen LogP contribution in [0.2, 0.25) is 5.02 Å². The minimum Gasteiger partial charge on any atom is -0.385 e. The van der Waals surface area contributed by atoms with Crippen LogP contribution in [0.1, 0.15) is 12.0 Å². The van der Waals surface area contributed by atoms with Crippen molar-refractivity contribution in [3.05, 3.63) is 57.5 Å². The number of halogens is 4. The van der Waals surface area contributed by atoms with Gasteiger partial charge in [0, 0.05) is 37.6 Å². The molecule has 0 bridgehead atoms. The van der Waals surface area contributed by atoms with E-state index >= 15 is 0 Å². The van der Waals surface area contributed by atoms with Crippen molar-refractivity contribution in [2.45, 2.75) is 12.6 Å². The van der Waals surface area contributed by atoms with Gasteiger partial charge in [-0.05, 0) is 37.2 Å². The lowest BCUT2D eigenvalue weighted by Crippen LogP contribution is -2.37. The lowest BCUT2D eigenvalue weighted by molar-refractivity contribution is -0.138. The molecule has 5 nitrogen and oxygen atoms in total. The predicted molar refractivity (Wildman–Crippen MR) is 102 cm³/mol. The molecule has 0 radical (unpaired) electrons. The summed E-state index contributed by atoms with van der Waals surface area (Å²) in [7, 11) is 0. The molecule has 1 aliphatic rings. The highest BCUT2D eigenvalue weighted by atomic mass is 35.5. The SMILES string of the molecule is O=c1ccc(C(F)(F)F)cn1-c1ccc(NCCCN2CCOCC2)cc1Cl. The normalized spacial score (nSPS) is 15.6. The summed E-state index contributed by atoms with van der Waals surface area (Å²) in [4.78, 5) is 14.3. The van der Waals surface area contributed by atoms with E-state index in [1.165, 1.54) is 6.07 Å². The fraction of sp³-hybridized carbons (Fsp3) is 0.421.